The number of aromatic nitrogens is 1. The van der Waals surface area contributed by atoms with E-state index in [1.165, 1.54) is 11.1 Å². The van der Waals surface area contributed by atoms with E-state index >= 15 is 0 Å². The maximum Gasteiger partial charge on any atom is 0.148 e. The summed E-state index contributed by atoms with van der Waals surface area (Å²) in [6.45, 7) is 8.68. The molecular formula is C12H17NO. The zero-order valence-electron chi connectivity index (χ0n) is 9.29. The Labute approximate surface area is 85.6 Å². The summed E-state index contributed by atoms with van der Waals surface area (Å²) in [5.74, 6) is 0.942. The average Bonchev–Trinajstić information content (AvgIpc) is 2.27. The van der Waals surface area contributed by atoms with Gasteiger partial charge in [-0.3, -0.25) is 4.98 Å². The van der Waals surface area contributed by atoms with Crippen LogP contribution >= 0.6 is 0 Å². The number of hydrogen-bond acceptors (Lipinski definition) is 2. The highest BCUT2D eigenvalue weighted by Crippen LogP contribution is 2.28. The number of aryl methyl sites for hydroxylation is 2. The molecule has 0 aromatic carbocycles. The summed E-state index contributed by atoms with van der Waals surface area (Å²) in [4.78, 5) is 4.23. The average molecular weight is 191 g/mol. The number of hydrogen-bond donors (Lipinski definition) is 0. The SMILES string of the molecule is CC.Cc1cnc(C)c2c1C=CCO2. The van der Waals surface area contributed by atoms with Crippen LogP contribution in [0, 0.1) is 13.8 Å². The molecular weight excluding hydrogens is 174 g/mol. The Morgan fingerprint density at radius 3 is 2.64 bits per heavy atom. The van der Waals surface area contributed by atoms with Gasteiger partial charge in [0, 0.05) is 11.8 Å². The molecule has 76 valence electrons. The third kappa shape index (κ3) is 1.95. The van der Waals surface area contributed by atoms with E-state index in [1.807, 2.05) is 40.0 Å². The van der Waals surface area contributed by atoms with Crippen LogP contribution in [-0.4, -0.2) is 11.6 Å². The fourth-order valence-corrected chi connectivity index (χ4v) is 1.38. The molecule has 0 amide bonds. The molecule has 1 aromatic heterocycles. The van der Waals surface area contributed by atoms with Gasteiger partial charge in [-0.1, -0.05) is 19.9 Å². The Morgan fingerprint density at radius 2 is 2.00 bits per heavy atom. The molecule has 0 fully saturated rings. The molecule has 1 aliphatic rings. The molecule has 0 atom stereocenters. The third-order valence-corrected chi connectivity index (χ3v) is 2.06. The highest BCUT2D eigenvalue weighted by molar-refractivity contribution is 5.63. The molecule has 2 heteroatoms. The first-order valence-corrected chi connectivity index (χ1v) is 5.04. The monoisotopic (exact) mass is 191 g/mol. The Balaban J connectivity index is 0.000000461. The number of fused-ring (bicyclic) bond motifs is 1. The highest BCUT2D eigenvalue weighted by atomic mass is 16.5. The van der Waals surface area contributed by atoms with Gasteiger partial charge in [-0.25, -0.2) is 0 Å². The van der Waals surface area contributed by atoms with Gasteiger partial charge in [-0.15, -0.1) is 0 Å². The Bertz CT molecular complexity index is 342. The fourth-order valence-electron chi connectivity index (χ4n) is 1.38. The van der Waals surface area contributed by atoms with Crippen LogP contribution in [0.2, 0.25) is 0 Å². The van der Waals surface area contributed by atoms with Gasteiger partial charge in [0.05, 0.1) is 5.69 Å². The molecule has 0 saturated heterocycles. The summed E-state index contributed by atoms with van der Waals surface area (Å²) >= 11 is 0. The van der Waals surface area contributed by atoms with Crippen molar-refractivity contribution in [2.24, 2.45) is 0 Å². The Kier molecular flexibility index (Phi) is 3.69. The zero-order chi connectivity index (χ0) is 10.6. The van der Waals surface area contributed by atoms with Gasteiger partial charge in [-0.05, 0) is 25.5 Å². The van der Waals surface area contributed by atoms with E-state index < -0.39 is 0 Å². The Morgan fingerprint density at radius 1 is 1.29 bits per heavy atom. The van der Waals surface area contributed by atoms with Crippen molar-refractivity contribution in [3.63, 3.8) is 0 Å². The van der Waals surface area contributed by atoms with Crippen LogP contribution in [0.4, 0.5) is 0 Å². The minimum atomic E-state index is 0.666. The number of nitrogens with zero attached hydrogens (tertiary/aromatic N) is 1. The van der Waals surface area contributed by atoms with Crippen molar-refractivity contribution in [1.29, 1.82) is 0 Å². The van der Waals surface area contributed by atoms with Crippen LogP contribution in [0.3, 0.4) is 0 Å². The molecule has 0 aliphatic carbocycles. The van der Waals surface area contributed by atoms with Crippen molar-refractivity contribution in [2.45, 2.75) is 27.7 Å². The first kappa shape index (κ1) is 10.8. The van der Waals surface area contributed by atoms with Gasteiger partial charge >= 0.3 is 0 Å². The maximum absolute atomic E-state index is 5.49. The Hall–Kier alpha value is -1.31. The molecule has 1 aliphatic heterocycles. The molecule has 0 N–H and O–H groups in total. The van der Waals surface area contributed by atoms with Gasteiger partial charge in [0.2, 0.25) is 0 Å². The topological polar surface area (TPSA) is 22.1 Å². The van der Waals surface area contributed by atoms with Gasteiger partial charge in [0.25, 0.3) is 0 Å². The van der Waals surface area contributed by atoms with Crippen LogP contribution in [0.25, 0.3) is 6.08 Å². The van der Waals surface area contributed by atoms with Crippen molar-refractivity contribution >= 4 is 6.08 Å². The molecule has 2 heterocycles. The molecule has 0 radical (unpaired) electrons. The lowest BCUT2D eigenvalue weighted by Crippen LogP contribution is -2.04. The van der Waals surface area contributed by atoms with E-state index in [4.69, 9.17) is 4.74 Å². The standard InChI is InChI=1S/C10H11NO.C2H6/c1-7-6-11-8(2)10-9(7)4-3-5-12-10;1-2/h3-4,6H,5H2,1-2H3;1-2H3. The summed E-state index contributed by atoms with van der Waals surface area (Å²) in [5.41, 5.74) is 3.32. The van der Waals surface area contributed by atoms with E-state index in [0.29, 0.717) is 6.61 Å². The molecule has 0 unspecified atom stereocenters. The predicted molar refractivity (Wildman–Crippen MR) is 59.6 cm³/mol. The largest absolute Gasteiger partial charge is 0.487 e. The quantitative estimate of drug-likeness (QED) is 0.628. The summed E-state index contributed by atoms with van der Waals surface area (Å²) in [7, 11) is 0. The normalized spacial score (nSPS) is 12.3. The van der Waals surface area contributed by atoms with Crippen molar-refractivity contribution in [2.75, 3.05) is 6.61 Å². The van der Waals surface area contributed by atoms with E-state index in [9.17, 15) is 0 Å². The third-order valence-electron chi connectivity index (χ3n) is 2.06. The second kappa shape index (κ2) is 4.80. The molecule has 14 heavy (non-hydrogen) atoms. The van der Waals surface area contributed by atoms with E-state index in [1.54, 1.807) is 0 Å². The van der Waals surface area contributed by atoms with Crippen LogP contribution < -0.4 is 4.74 Å². The molecule has 0 spiro atoms. The first-order chi connectivity index (χ1) is 6.79. The highest BCUT2D eigenvalue weighted by Gasteiger charge is 2.11. The lowest BCUT2D eigenvalue weighted by molar-refractivity contribution is 0.353. The molecule has 0 bridgehead atoms. The van der Waals surface area contributed by atoms with Crippen LogP contribution in [0.15, 0.2) is 12.3 Å². The summed E-state index contributed by atoms with van der Waals surface area (Å²) in [6.07, 6.45) is 6.00. The minimum Gasteiger partial charge on any atom is -0.487 e. The van der Waals surface area contributed by atoms with Crippen molar-refractivity contribution < 1.29 is 4.74 Å². The summed E-state index contributed by atoms with van der Waals surface area (Å²) in [6, 6.07) is 0. The second-order valence-corrected chi connectivity index (χ2v) is 2.98. The molecule has 1 aromatic rings. The summed E-state index contributed by atoms with van der Waals surface area (Å²) in [5, 5.41) is 0. The van der Waals surface area contributed by atoms with Crippen molar-refractivity contribution in [1.82, 2.24) is 4.98 Å². The van der Waals surface area contributed by atoms with E-state index in [2.05, 4.69) is 11.1 Å². The predicted octanol–water partition coefficient (Wildman–Crippen LogP) is 3.13. The van der Waals surface area contributed by atoms with Gasteiger partial charge in [0.15, 0.2) is 0 Å². The second-order valence-electron chi connectivity index (χ2n) is 2.98. The number of ether oxygens (including phenoxy) is 1. The van der Waals surface area contributed by atoms with E-state index in [0.717, 1.165) is 11.4 Å². The van der Waals surface area contributed by atoms with Gasteiger partial charge < -0.3 is 4.74 Å². The lowest BCUT2D eigenvalue weighted by Gasteiger charge is -2.15. The summed E-state index contributed by atoms with van der Waals surface area (Å²) < 4.78 is 5.49. The minimum absolute atomic E-state index is 0.666. The van der Waals surface area contributed by atoms with Crippen molar-refractivity contribution in [3.05, 3.63) is 29.1 Å². The van der Waals surface area contributed by atoms with Gasteiger partial charge in [0.1, 0.15) is 12.4 Å². The van der Waals surface area contributed by atoms with Crippen molar-refractivity contribution in [3.8, 4) is 5.75 Å². The molecule has 2 rings (SSSR count). The maximum atomic E-state index is 5.49. The van der Waals surface area contributed by atoms with Crippen LogP contribution in [0.1, 0.15) is 30.7 Å². The fraction of sp³-hybridized carbons (Fsp3) is 0.417. The van der Waals surface area contributed by atoms with Crippen LogP contribution in [-0.2, 0) is 0 Å². The molecule has 2 nitrogen and oxygen atoms in total. The smallest absolute Gasteiger partial charge is 0.148 e. The van der Waals surface area contributed by atoms with Crippen LogP contribution in [0.5, 0.6) is 5.75 Å². The number of rotatable bonds is 0. The zero-order valence-corrected chi connectivity index (χ0v) is 9.29. The van der Waals surface area contributed by atoms with E-state index in [-0.39, 0.29) is 0 Å². The van der Waals surface area contributed by atoms with Gasteiger partial charge in [-0.2, -0.15) is 0 Å². The first-order valence-electron chi connectivity index (χ1n) is 5.04. The number of pyridine rings is 1. The molecule has 0 saturated carbocycles. The lowest BCUT2D eigenvalue weighted by atomic mass is 10.1.